The molecule has 0 saturated heterocycles. The highest BCUT2D eigenvalue weighted by atomic mass is 35.5. The van der Waals surface area contributed by atoms with Crippen molar-refractivity contribution in [3.05, 3.63) is 32.6 Å². The molecule has 2 rings (SSSR count). The first-order valence-electron chi connectivity index (χ1n) is 5.46. The van der Waals surface area contributed by atoms with Gasteiger partial charge in [0.25, 0.3) is 0 Å². The van der Waals surface area contributed by atoms with Crippen LogP contribution in [0.5, 0.6) is 0 Å². The number of nitro benzene ring substituents is 1. The maximum atomic E-state index is 13.6. The van der Waals surface area contributed by atoms with Crippen LogP contribution in [-0.4, -0.2) is 11.0 Å². The molecule has 1 aliphatic rings. The van der Waals surface area contributed by atoms with Crippen LogP contribution in [0.3, 0.4) is 0 Å². The van der Waals surface area contributed by atoms with E-state index >= 15 is 0 Å². The van der Waals surface area contributed by atoms with Gasteiger partial charge < -0.3 is 5.32 Å². The molecular formula is C11H12ClFN2O2. The van der Waals surface area contributed by atoms with E-state index < -0.39 is 16.4 Å². The highest BCUT2D eigenvalue weighted by Gasteiger charge is 2.27. The van der Waals surface area contributed by atoms with E-state index in [9.17, 15) is 14.5 Å². The molecule has 1 aliphatic carbocycles. The van der Waals surface area contributed by atoms with Gasteiger partial charge in [-0.25, -0.2) is 0 Å². The lowest BCUT2D eigenvalue weighted by Crippen LogP contribution is -2.07. The summed E-state index contributed by atoms with van der Waals surface area (Å²) >= 11 is 5.83. The SMILES string of the molecule is CCc1c(NC2CC2)cc([N+](=O)[O-])c(F)c1Cl. The zero-order valence-electron chi connectivity index (χ0n) is 9.30. The number of halogens is 2. The van der Waals surface area contributed by atoms with E-state index in [1.165, 1.54) is 6.07 Å². The van der Waals surface area contributed by atoms with Gasteiger partial charge in [0.2, 0.25) is 5.82 Å². The smallest absolute Gasteiger partial charge is 0.308 e. The van der Waals surface area contributed by atoms with Crippen LogP contribution in [0, 0.1) is 15.9 Å². The lowest BCUT2D eigenvalue weighted by molar-refractivity contribution is -0.387. The molecule has 1 N–H and O–H groups in total. The lowest BCUT2D eigenvalue weighted by Gasteiger charge is -2.12. The van der Waals surface area contributed by atoms with Gasteiger partial charge in [0.1, 0.15) is 0 Å². The minimum atomic E-state index is -0.949. The van der Waals surface area contributed by atoms with Crippen LogP contribution >= 0.6 is 11.6 Å². The zero-order valence-corrected chi connectivity index (χ0v) is 10.1. The Labute approximate surface area is 103 Å². The summed E-state index contributed by atoms with van der Waals surface area (Å²) in [7, 11) is 0. The average molecular weight is 259 g/mol. The van der Waals surface area contributed by atoms with E-state index in [1.807, 2.05) is 6.92 Å². The van der Waals surface area contributed by atoms with Gasteiger partial charge in [-0.3, -0.25) is 10.1 Å². The monoisotopic (exact) mass is 258 g/mol. The molecule has 17 heavy (non-hydrogen) atoms. The number of anilines is 1. The maximum Gasteiger partial charge on any atom is 0.308 e. The van der Waals surface area contributed by atoms with Crippen molar-refractivity contribution in [1.82, 2.24) is 0 Å². The minimum Gasteiger partial charge on any atom is -0.382 e. The Kier molecular flexibility index (Phi) is 3.19. The molecule has 6 heteroatoms. The van der Waals surface area contributed by atoms with Gasteiger partial charge in [0.05, 0.1) is 9.95 Å². The molecule has 1 fully saturated rings. The summed E-state index contributed by atoms with van der Waals surface area (Å²) in [6.45, 7) is 1.84. The zero-order chi connectivity index (χ0) is 12.6. The second-order valence-corrected chi connectivity index (χ2v) is 4.46. The van der Waals surface area contributed by atoms with Crippen molar-refractivity contribution in [2.45, 2.75) is 32.2 Å². The van der Waals surface area contributed by atoms with Crippen molar-refractivity contribution < 1.29 is 9.31 Å². The van der Waals surface area contributed by atoms with E-state index in [4.69, 9.17) is 11.6 Å². The number of hydrogen-bond acceptors (Lipinski definition) is 3. The quantitative estimate of drug-likeness (QED) is 0.664. The first kappa shape index (κ1) is 12.1. The molecule has 0 amide bonds. The van der Waals surface area contributed by atoms with Crippen molar-refractivity contribution in [2.24, 2.45) is 0 Å². The van der Waals surface area contributed by atoms with Gasteiger partial charge in [0.15, 0.2) is 0 Å². The van der Waals surface area contributed by atoms with Gasteiger partial charge in [-0.15, -0.1) is 0 Å². The van der Waals surface area contributed by atoms with Gasteiger partial charge >= 0.3 is 5.69 Å². The second-order valence-electron chi connectivity index (χ2n) is 4.08. The topological polar surface area (TPSA) is 55.2 Å². The van der Waals surface area contributed by atoms with Gasteiger partial charge in [-0.2, -0.15) is 4.39 Å². The summed E-state index contributed by atoms with van der Waals surface area (Å²) in [6, 6.07) is 1.57. The molecule has 0 aromatic heterocycles. The average Bonchev–Trinajstić information content (AvgIpc) is 3.07. The van der Waals surface area contributed by atoms with Crippen molar-refractivity contribution in [2.75, 3.05) is 5.32 Å². The fraction of sp³-hybridized carbons (Fsp3) is 0.455. The Morgan fingerprint density at radius 3 is 2.76 bits per heavy atom. The second kappa shape index (κ2) is 4.49. The largest absolute Gasteiger partial charge is 0.382 e. The van der Waals surface area contributed by atoms with Crippen LogP contribution in [0.25, 0.3) is 0 Å². The molecule has 0 spiro atoms. The minimum absolute atomic E-state index is 0.148. The number of nitro groups is 1. The molecule has 92 valence electrons. The third kappa shape index (κ3) is 2.34. The fourth-order valence-electron chi connectivity index (χ4n) is 1.71. The van der Waals surface area contributed by atoms with Crippen LogP contribution in [0.2, 0.25) is 5.02 Å². The fourth-order valence-corrected chi connectivity index (χ4v) is 2.04. The van der Waals surface area contributed by atoms with E-state index in [0.29, 0.717) is 23.7 Å². The third-order valence-electron chi connectivity index (χ3n) is 2.78. The Morgan fingerprint density at radius 1 is 1.65 bits per heavy atom. The summed E-state index contributed by atoms with van der Waals surface area (Å²) < 4.78 is 13.6. The first-order valence-corrected chi connectivity index (χ1v) is 5.84. The highest BCUT2D eigenvalue weighted by Crippen LogP contribution is 2.36. The van der Waals surface area contributed by atoms with E-state index in [1.54, 1.807) is 0 Å². The Morgan fingerprint density at radius 2 is 2.29 bits per heavy atom. The molecule has 0 heterocycles. The molecule has 1 aromatic rings. The van der Waals surface area contributed by atoms with Crippen LogP contribution in [-0.2, 0) is 6.42 Å². The third-order valence-corrected chi connectivity index (χ3v) is 3.17. The number of benzene rings is 1. The Balaban J connectivity index is 2.50. The molecule has 0 bridgehead atoms. The van der Waals surface area contributed by atoms with Crippen molar-refractivity contribution in [3.8, 4) is 0 Å². The van der Waals surface area contributed by atoms with Crippen molar-refractivity contribution in [3.63, 3.8) is 0 Å². The molecule has 0 radical (unpaired) electrons. The number of nitrogens with one attached hydrogen (secondary N) is 1. The molecule has 1 saturated carbocycles. The molecule has 0 aliphatic heterocycles. The predicted octanol–water partition coefficient (Wildman–Crippen LogP) is 3.52. The summed E-state index contributed by atoms with van der Waals surface area (Å²) in [5, 5.41) is 13.7. The van der Waals surface area contributed by atoms with Gasteiger partial charge in [-0.1, -0.05) is 18.5 Å². The lowest BCUT2D eigenvalue weighted by atomic mass is 10.1. The van der Waals surface area contributed by atoms with Crippen molar-refractivity contribution >= 4 is 23.0 Å². The Bertz CT molecular complexity index is 475. The summed E-state index contributed by atoms with van der Waals surface area (Å²) in [5.74, 6) is -0.949. The molecule has 0 unspecified atom stereocenters. The number of hydrogen-bond donors (Lipinski definition) is 1. The van der Waals surface area contributed by atoms with E-state index in [2.05, 4.69) is 5.32 Å². The molecule has 4 nitrogen and oxygen atoms in total. The van der Waals surface area contributed by atoms with Gasteiger partial charge in [0, 0.05) is 17.8 Å². The van der Waals surface area contributed by atoms with Crippen molar-refractivity contribution in [1.29, 1.82) is 0 Å². The van der Waals surface area contributed by atoms with Crippen LogP contribution in [0.1, 0.15) is 25.3 Å². The predicted molar refractivity (Wildman–Crippen MR) is 64.1 cm³/mol. The molecular weight excluding hydrogens is 247 g/mol. The summed E-state index contributed by atoms with van der Waals surface area (Å²) in [4.78, 5) is 9.96. The van der Waals surface area contributed by atoms with Crippen LogP contribution in [0.4, 0.5) is 15.8 Å². The first-order chi connectivity index (χ1) is 8.04. The van der Waals surface area contributed by atoms with Gasteiger partial charge in [-0.05, 0) is 24.8 Å². The number of rotatable bonds is 4. The maximum absolute atomic E-state index is 13.6. The van der Waals surface area contributed by atoms with Crippen LogP contribution in [0.15, 0.2) is 6.07 Å². The normalized spacial score (nSPS) is 14.8. The number of nitrogens with zero attached hydrogens (tertiary/aromatic N) is 1. The highest BCUT2D eigenvalue weighted by molar-refractivity contribution is 6.32. The van der Waals surface area contributed by atoms with E-state index in [-0.39, 0.29) is 5.02 Å². The Hall–Kier alpha value is -1.36. The van der Waals surface area contributed by atoms with Crippen LogP contribution < -0.4 is 5.32 Å². The summed E-state index contributed by atoms with van der Waals surface area (Å²) in [6.07, 6.45) is 2.60. The molecule has 1 aromatic carbocycles. The molecule has 0 atom stereocenters. The van der Waals surface area contributed by atoms with E-state index in [0.717, 1.165) is 12.8 Å². The summed E-state index contributed by atoms with van der Waals surface area (Å²) in [5.41, 5.74) is 0.602. The standard InChI is InChI=1S/C11H12ClFN2O2/c1-2-7-8(14-6-3-4-6)5-9(15(16)17)11(13)10(7)12/h5-6,14H,2-4H2,1H3.